The Kier molecular flexibility index (Phi) is 4.59. The number of nitrogens with one attached hydrogen (secondary N) is 1. The van der Waals surface area contributed by atoms with E-state index in [1.165, 1.54) is 18.2 Å². The lowest BCUT2D eigenvalue weighted by atomic mass is 10.1. The summed E-state index contributed by atoms with van der Waals surface area (Å²) in [5, 5.41) is 3.63. The molecule has 0 atom stereocenters. The molecule has 0 aliphatic carbocycles. The minimum Gasteiger partial charge on any atom is -0.343 e. The standard InChI is InChI=1S/C20H17F3N2O/c1-3-19(26)24-16-7-8-18-17(10-16)13(2)11-25(18)12-14-5-4-6-15(9-14)20(21,22)23/h3-11H,1,12H2,2H3,(H,24,26). The molecule has 3 rings (SSSR count). The number of anilines is 1. The van der Waals surface area contributed by atoms with E-state index in [2.05, 4.69) is 11.9 Å². The third-order valence-corrected chi connectivity index (χ3v) is 4.14. The molecule has 0 radical (unpaired) electrons. The third kappa shape index (κ3) is 3.64. The van der Waals surface area contributed by atoms with Crippen molar-refractivity contribution in [3.05, 3.63) is 78.0 Å². The van der Waals surface area contributed by atoms with Crippen LogP contribution in [0.25, 0.3) is 10.9 Å². The monoisotopic (exact) mass is 358 g/mol. The van der Waals surface area contributed by atoms with Gasteiger partial charge in [-0.2, -0.15) is 13.2 Å². The molecular weight excluding hydrogens is 341 g/mol. The SMILES string of the molecule is C=CC(=O)Nc1ccc2c(c1)c(C)cn2Cc1cccc(C(F)(F)F)c1. The summed E-state index contributed by atoms with van der Waals surface area (Å²) < 4.78 is 40.6. The van der Waals surface area contributed by atoms with Crippen molar-refractivity contribution in [2.75, 3.05) is 5.32 Å². The van der Waals surface area contributed by atoms with Gasteiger partial charge in [0.05, 0.1) is 5.56 Å². The van der Waals surface area contributed by atoms with Gasteiger partial charge in [0.25, 0.3) is 0 Å². The summed E-state index contributed by atoms with van der Waals surface area (Å²) in [6.07, 6.45) is -1.27. The van der Waals surface area contributed by atoms with Crippen LogP contribution in [0.1, 0.15) is 16.7 Å². The van der Waals surface area contributed by atoms with Crippen LogP contribution in [0.5, 0.6) is 0 Å². The van der Waals surface area contributed by atoms with Crippen molar-refractivity contribution < 1.29 is 18.0 Å². The predicted octanol–water partition coefficient (Wildman–Crippen LogP) is 5.14. The fourth-order valence-electron chi connectivity index (χ4n) is 2.92. The van der Waals surface area contributed by atoms with Gasteiger partial charge in [0.1, 0.15) is 0 Å². The number of aromatic nitrogens is 1. The third-order valence-electron chi connectivity index (χ3n) is 4.14. The van der Waals surface area contributed by atoms with Gasteiger partial charge in [-0.25, -0.2) is 0 Å². The molecule has 2 aromatic carbocycles. The van der Waals surface area contributed by atoms with Crippen molar-refractivity contribution >= 4 is 22.5 Å². The highest BCUT2D eigenvalue weighted by Gasteiger charge is 2.30. The average molecular weight is 358 g/mol. The molecule has 6 heteroatoms. The highest BCUT2D eigenvalue weighted by Crippen LogP contribution is 2.30. The quantitative estimate of drug-likeness (QED) is 0.644. The normalized spacial score (nSPS) is 11.5. The molecule has 0 saturated heterocycles. The first-order valence-electron chi connectivity index (χ1n) is 7.97. The number of hydrogen-bond donors (Lipinski definition) is 1. The maximum absolute atomic E-state index is 12.9. The van der Waals surface area contributed by atoms with Crippen LogP contribution in [-0.2, 0) is 17.5 Å². The summed E-state index contributed by atoms with van der Waals surface area (Å²) in [5.41, 5.74) is 2.42. The maximum Gasteiger partial charge on any atom is 0.416 e. The molecule has 1 amide bonds. The van der Waals surface area contributed by atoms with E-state index >= 15 is 0 Å². The molecule has 0 bridgehead atoms. The van der Waals surface area contributed by atoms with Crippen LogP contribution in [0.15, 0.2) is 61.3 Å². The fourth-order valence-corrected chi connectivity index (χ4v) is 2.92. The maximum atomic E-state index is 12.9. The first-order chi connectivity index (χ1) is 12.3. The average Bonchev–Trinajstić information content (AvgIpc) is 2.90. The predicted molar refractivity (Wildman–Crippen MR) is 96.0 cm³/mol. The largest absolute Gasteiger partial charge is 0.416 e. The molecule has 0 aliphatic rings. The van der Waals surface area contributed by atoms with E-state index in [-0.39, 0.29) is 5.91 Å². The van der Waals surface area contributed by atoms with Crippen molar-refractivity contribution in [3.63, 3.8) is 0 Å². The van der Waals surface area contributed by atoms with Crippen molar-refractivity contribution in [3.8, 4) is 0 Å². The number of halogens is 3. The summed E-state index contributed by atoms with van der Waals surface area (Å²) in [6, 6.07) is 10.8. The van der Waals surface area contributed by atoms with Gasteiger partial charge < -0.3 is 9.88 Å². The second kappa shape index (κ2) is 6.71. The summed E-state index contributed by atoms with van der Waals surface area (Å²) in [4.78, 5) is 11.4. The summed E-state index contributed by atoms with van der Waals surface area (Å²) in [5.74, 6) is -0.301. The zero-order valence-corrected chi connectivity index (χ0v) is 14.1. The van der Waals surface area contributed by atoms with Crippen molar-refractivity contribution in [2.24, 2.45) is 0 Å². The van der Waals surface area contributed by atoms with E-state index in [1.54, 1.807) is 12.1 Å². The lowest BCUT2D eigenvalue weighted by molar-refractivity contribution is -0.137. The van der Waals surface area contributed by atoms with E-state index < -0.39 is 11.7 Å². The van der Waals surface area contributed by atoms with Gasteiger partial charge in [0.15, 0.2) is 0 Å². The molecule has 3 aromatic rings. The number of carbonyl (C=O) groups is 1. The molecule has 1 N–H and O–H groups in total. The number of amides is 1. The minimum absolute atomic E-state index is 0.301. The number of rotatable bonds is 4. The molecule has 0 saturated carbocycles. The van der Waals surface area contributed by atoms with Gasteiger partial charge in [-0.1, -0.05) is 18.7 Å². The molecule has 134 valence electrons. The van der Waals surface area contributed by atoms with Gasteiger partial charge in [0.2, 0.25) is 5.91 Å². The van der Waals surface area contributed by atoms with Crippen LogP contribution in [0.2, 0.25) is 0 Å². The molecule has 3 nitrogen and oxygen atoms in total. The fraction of sp³-hybridized carbons (Fsp3) is 0.150. The highest BCUT2D eigenvalue weighted by atomic mass is 19.4. The lowest BCUT2D eigenvalue weighted by Gasteiger charge is -2.10. The first kappa shape index (κ1) is 17.8. The van der Waals surface area contributed by atoms with Crippen molar-refractivity contribution in [2.45, 2.75) is 19.6 Å². The van der Waals surface area contributed by atoms with E-state index in [1.807, 2.05) is 29.8 Å². The second-order valence-corrected chi connectivity index (χ2v) is 6.06. The van der Waals surface area contributed by atoms with Gasteiger partial charge in [-0.05, 0) is 54.5 Å². The second-order valence-electron chi connectivity index (χ2n) is 6.06. The zero-order chi connectivity index (χ0) is 18.9. The topological polar surface area (TPSA) is 34.0 Å². The van der Waals surface area contributed by atoms with Gasteiger partial charge >= 0.3 is 6.18 Å². The van der Waals surface area contributed by atoms with E-state index in [0.29, 0.717) is 17.8 Å². The summed E-state index contributed by atoms with van der Waals surface area (Å²) in [7, 11) is 0. The molecule has 26 heavy (non-hydrogen) atoms. The van der Waals surface area contributed by atoms with Crippen LogP contribution in [-0.4, -0.2) is 10.5 Å². The van der Waals surface area contributed by atoms with Crippen LogP contribution in [0, 0.1) is 6.92 Å². The van der Waals surface area contributed by atoms with Gasteiger partial charge in [-0.15, -0.1) is 0 Å². The summed E-state index contributed by atoms with van der Waals surface area (Å²) >= 11 is 0. The van der Waals surface area contributed by atoms with Gasteiger partial charge in [0, 0.05) is 29.3 Å². The number of benzene rings is 2. The Morgan fingerprint density at radius 1 is 1.23 bits per heavy atom. The number of hydrogen-bond acceptors (Lipinski definition) is 1. The van der Waals surface area contributed by atoms with Crippen LogP contribution in [0.3, 0.4) is 0 Å². The van der Waals surface area contributed by atoms with E-state index in [0.717, 1.165) is 22.5 Å². The molecule has 0 fully saturated rings. The van der Waals surface area contributed by atoms with Crippen LogP contribution < -0.4 is 5.32 Å². The Labute approximate surface area is 148 Å². The molecule has 0 unspecified atom stereocenters. The van der Waals surface area contributed by atoms with Crippen LogP contribution in [0.4, 0.5) is 18.9 Å². The lowest BCUT2D eigenvalue weighted by Crippen LogP contribution is -2.07. The minimum atomic E-state index is -4.36. The number of carbonyl (C=O) groups excluding carboxylic acids is 1. The number of fused-ring (bicyclic) bond motifs is 1. The molecule has 0 spiro atoms. The van der Waals surface area contributed by atoms with Crippen molar-refractivity contribution in [1.82, 2.24) is 4.57 Å². The zero-order valence-electron chi connectivity index (χ0n) is 14.1. The highest BCUT2D eigenvalue weighted by molar-refractivity contribution is 6.00. The van der Waals surface area contributed by atoms with E-state index in [9.17, 15) is 18.0 Å². The summed E-state index contributed by atoms with van der Waals surface area (Å²) in [6.45, 7) is 5.66. The Bertz CT molecular complexity index is 986. The molecule has 1 aromatic heterocycles. The molecule has 0 aliphatic heterocycles. The molecule has 1 heterocycles. The number of alkyl halides is 3. The number of aryl methyl sites for hydroxylation is 1. The number of nitrogens with zero attached hydrogens (tertiary/aromatic N) is 1. The Morgan fingerprint density at radius 3 is 2.69 bits per heavy atom. The Hall–Kier alpha value is -3.02. The van der Waals surface area contributed by atoms with Gasteiger partial charge in [-0.3, -0.25) is 4.79 Å². The Morgan fingerprint density at radius 2 is 2.00 bits per heavy atom. The first-order valence-corrected chi connectivity index (χ1v) is 7.97. The van der Waals surface area contributed by atoms with Crippen molar-refractivity contribution in [1.29, 1.82) is 0 Å². The van der Waals surface area contributed by atoms with Crippen LogP contribution >= 0.6 is 0 Å². The Balaban J connectivity index is 1.94. The van der Waals surface area contributed by atoms with E-state index in [4.69, 9.17) is 0 Å². The molecular formula is C20H17F3N2O. The smallest absolute Gasteiger partial charge is 0.343 e.